The molecule has 6 nitrogen and oxygen atoms in total. The summed E-state index contributed by atoms with van der Waals surface area (Å²) in [6.07, 6.45) is 1.60. The summed E-state index contributed by atoms with van der Waals surface area (Å²) in [6.45, 7) is 0.262. The third-order valence-corrected chi connectivity index (χ3v) is 5.74. The number of carbonyl (C=O) groups is 2. The van der Waals surface area contributed by atoms with Gasteiger partial charge in [0.05, 0.1) is 24.8 Å². The Morgan fingerprint density at radius 2 is 1.53 bits per heavy atom. The fourth-order valence-electron chi connectivity index (χ4n) is 3.92. The van der Waals surface area contributed by atoms with Crippen molar-refractivity contribution in [3.8, 4) is 5.75 Å². The predicted octanol–water partition coefficient (Wildman–Crippen LogP) is 3.61. The maximum atomic E-state index is 12.6. The zero-order valence-corrected chi connectivity index (χ0v) is 18.2. The highest BCUT2D eigenvalue weighted by molar-refractivity contribution is 6.21. The van der Waals surface area contributed by atoms with Crippen LogP contribution in [0.25, 0.3) is 0 Å². The molecule has 0 spiro atoms. The summed E-state index contributed by atoms with van der Waals surface area (Å²) in [6, 6.07) is 20.8. The van der Waals surface area contributed by atoms with E-state index in [1.54, 1.807) is 38.4 Å². The van der Waals surface area contributed by atoms with E-state index in [4.69, 9.17) is 10.5 Å². The second kappa shape index (κ2) is 9.06. The number of aryl methyl sites for hydroxylation is 2. The molecule has 3 aromatic carbocycles. The summed E-state index contributed by atoms with van der Waals surface area (Å²) in [7, 11) is 3.33. The number of ether oxygens (including phenoxy) is 1. The number of aliphatic imine (C=N–C) groups is 1. The fourth-order valence-corrected chi connectivity index (χ4v) is 3.92. The van der Waals surface area contributed by atoms with Gasteiger partial charge in [-0.2, -0.15) is 0 Å². The maximum Gasteiger partial charge on any atom is 0.261 e. The van der Waals surface area contributed by atoms with Crippen LogP contribution in [0.5, 0.6) is 5.75 Å². The Hall–Kier alpha value is -3.93. The van der Waals surface area contributed by atoms with E-state index in [0.717, 1.165) is 40.8 Å². The molecule has 1 heterocycles. The first-order chi connectivity index (χ1) is 15.5. The average molecular weight is 428 g/mol. The molecule has 3 aromatic rings. The first kappa shape index (κ1) is 21.3. The van der Waals surface area contributed by atoms with E-state index in [1.165, 1.54) is 4.90 Å². The molecule has 2 amide bonds. The number of rotatable bonds is 7. The number of amides is 2. The predicted molar refractivity (Wildman–Crippen MR) is 124 cm³/mol. The molecule has 0 unspecified atom stereocenters. The lowest BCUT2D eigenvalue weighted by Gasteiger charge is -2.14. The van der Waals surface area contributed by atoms with Crippen LogP contribution in [0.3, 0.4) is 0 Å². The van der Waals surface area contributed by atoms with E-state index in [1.807, 2.05) is 42.5 Å². The van der Waals surface area contributed by atoms with Gasteiger partial charge >= 0.3 is 0 Å². The van der Waals surface area contributed by atoms with Gasteiger partial charge in [0, 0.05) is 12.6 Å². The van der Waals surface area contributed by atoms with Crippen molar-refractivity contribution in [2.75, 3.05) is 14.2 Å². The van der Waals surface area contributed by atoms with E-state index in [0.29, 0.717) is 17.0 Å². The number of hydrogen-bond acceptors (Lipinski definition) is 4. The Morgan fingerprint density at radius 3 is 2.12 bits per heavy atom. The van der Waals surface area contributed by atoms with E-state index in [-0.39, 0.29) is 18.4 Å². The Kier molecular flexibility index (Phi) is 6.03. The van der Waals surface area contributed by atoms with Crippen LogP contribution in [0.2, 0.25) is 0 Å². The van der Waals surface area contributed by atoms with Gasteiger partial charge in [-0.1, -0.05) is 36.4 Å². The first-order valence-electron chi connectivity index (χ1n) is 10.4. The highest BCUT2D eigenvalue weighted by Crippen LogP contribution is 2.25. The Bertz CT molecular complexity index is 1160. The van der Waals surface area contributed by atoms with Crippen LogP contribution in [0, 0.1) is 0 Å². The number of fused-ring (bicyclic) bond motifs is 1. The molecule has 6 heteroatoms. The lowest BCUT2D eigenvalue weighted by Crippen LogP contribution is -2.29. The second-order valence-corrected chi connectivity index (χ2v) is 7.69. The normalized spacial score (nSPS) is 13.4. The van der Waals surface area contributed by atoms with Crippen molar-refractivity contribution in [1.82, 2.24) is 4.90 Å². The molecule has 0 bridgehead atoms. The standard InChI is InChI=1S/C26H25N3O3/c1-28-24(27)20-13-14-23(32-2)19(15-20)12-11-17-7-9-18(10-8-17)16-29-25(30)21-5-3-4-6-22(21)26(29)31/h3-10,13-15H,11-12,16H2,1-2H3,(H2,27,28). The number of amidine groups is 1. The third-order valence-electron chi connectivity index (χ3n) is 5.74. The van der Waals surface area contributed by atoms with Gasteiger partial charge in [0.15, 0.2) is 0 Å². The first-order valence-corrected chi connectivity index (χ1v) is 10.4. The molecule has 0 saturated carbocycles. The third kappa shape index (κ3) is 4.12. The van der Waals surface area contributed by atoms with Crippen LogP contribution in [0.4, 0.5) is 0 Å². The quantitative estimate of drug-likeness (QED) is 0.355. The SMILES string of the molecule is CN=C(N)c1ccc(OC)c(CCc2ccc(CN3C(=O)c4ccccc4C3=O)cc2)c1. The molecule has 2 N–H and O–H groups in total. The van der Waals surface area contributed by atoms with Crippen molar-refractivity contribution >= 4 is 17.6 Å². The molecule has 1 aliphatic rings. The number of carbonyl (C=O) groups excluding carboxylic acids is 2. The zero-order valence-electron chi connectivity index (χ0n) is 18.2. The number of methoxy groups -OCH3 is 1. The summed E-state index contributed by atoms with van der Waals surface area (Å²) >= 11 is 0. The minimum absolute atomic E-state index is 0.239. The van der Waals surface area contributed by atoms with E-state index in [2.05, 4.69) is 4.99 Å². The smallest absolute Gasteiger partial charge is 0.261 e. The van der Waals surface area contributed by atoms with Gasteiger partial charge in [-0.25, -0.2) is 0 Å². The number of benzene rings is 3. The molecule has 0 atom stereocenters. The summed E-state index contributed by atoms with van der Waals surface area (Å²) in [5.41, 5.74) is 10.9. The Morgan fingerprint density at radius 1 is 0.906 bits per heavy atom. The molecule has 162 valence electrons. The van der Waals surface area contributed by atoms with Crippen molar-refractivity contribution in [1.29, 1.82) is 0 Å². The minimum atomic E-state index is -0.239. The lowest BCUT2D eigenvalue weighted by molar-refractivity contribution is 0.0642. The molecule has 32 heavy (non-hydrogen) atoms. The van der Waals surface area contributed by atoms with Crippen molar-refractivity contribution in [2.45, 2.75) is 19.4 Å². The van der Waals surface area contributed by atoms with Crippen LogP contribution in [-0.2, 0) is 19.4 Å². The molecule has 4 rings (SSSR count). The van der Waals surface area contributed by atoms with Crippen LogP contribution < -0.4 is 10.5 Å². The van der Waals surface area contributed by atoms with Crippen LogP contribution >= 0.6 is 0 Å². The van der Waals surface area contributed by atoms with E-state index < -0.39 is 0 Å². The fraction of sp³-hybridized carbons (Fsp3) is 0.192. The number of hydrogen-bond donors (Lipinski definition) is 1. The number of nitrogens with two attached hydrogens (primary N) is 1. The molecule has 0 aliphatic carbocycles. The highest BCUT2D eigenvalue weighted by atomic mass is 16.5. The molecular formula is C26H25N3O3. The molecular weight excluding hydrogens is 402 g/mol. The van der Waals surface area contributed by atoms with Gasteiger partial charge in [-0.15, -0.1) is 0 Å². The summed E-state index contributed by atoms with van der Waals surface area (Å²) in [5.74, 6) is 0.833. The summed E-state index contributed by atoms with van der Waals surface area (Å²) in [4.78, 5) is 30.5. The number of nitrogens with zero attached hydrogens (tertiary/aromatic N) is 2. The van der Waals surface area contributed by atoms with Gasteiger partial charge in [-0.05, 0) is 59.9 Å². The molecule has 0 saturated heterocycles. The van der Waals surface area contributed by atoms with Gasteiger partial charge in [0.2, 0.25) is 0 Å². The average Bonchev–Trinajstić information content (AvgIpc) is 3.07. The minimum Gasteiger partial charge on any atom is -0.496 e. The zero-order chi connectivity index (χ0) is 22.7. The monoisotopic (exact) mass is 427 g/mol. The largest absolute Gasteiger partial charge is 0.496 e. The molecule has 0 fully saturated rings. The topological polar surface area (TPSA) is 85.0 Å². The van der Waals surface area contributed by atoms with Crippen molar-refractivity contribution in [2.24, 2.45) is 10.7 Å². The lowest BCUT2D eigenvalue weighted by atomic mass is 10.0. The van der Waals surface area contributed by atoms with Gasteiger partial charge < -0.3 is 10.5 Å². The van der Waals surface area contributed by atoms with E-state index >= 15 is 0 Å². The molecule has 0 aromatic heterocycles. The van der Waals surface area contributed by atoms with Gasteiger partial charge in [-0.3, -0.25) is 19.5 Å². The maximum absolute atomic E-state index is 12.6. The van der Waals surface area contributed by atoms with Crippen LogP contribution in [0.15, 0.2) is 71.7 Å². The van der Waals surface area contributed by atoms with Crippen molar-refractivity contribution in [3.63, 3.8) is 0 Å². The van der Waals surface area contributed by atoms with Crippen molar-refractivity contribution < 1.29 is 14.3 Å². The number of imide groups is 1. The highest BCUT2D eigenvalue weighted by Gasteiger charge is 2.34. The van der Waals surface area contributed by atoms with Crippen LogP contribution in [0.1, 0.15) is 43.0 Å². The summed E-state index contributed by atoms with van der Waals surface area (Å²) < 4.78 is 5.49. The summed E-state index contributed by atoms with van der Waals surface area (Å²) in [5, 5.41) is 0. The molecule has 1 aliphatic heterocycles. The van der Waals surface area contributed by atoms with Crippen LogP contribution in [-0.4, -0.2) is 36.7 Å². The Balaban J connectivity index is 1.43. The Labute approximate surface area is 187 Å². The van der Waals surface area contributed by atoms with Crippen molar-refractivity contribution in [3.05, 3.63) is 100 Å². The van der Waals surface area contributed by atoms with E-state index in [9.17, 15) is 9.59 Å². The van der Waals surface area contributed by atoms with Gasteiger partial charge in [0.1, 0.15) is 11.6 Å². The van der Waals surface area contributed by atoms with Gasteiger partial charge in [0.25, 0.3) is 11.8 Å². The second-order valence-electron chi connectivity index (χ2n) is 7.69. The molecule has 0 radical (unpaired) electrons.